The fourth-order valence-corrected chi connectivity index (χ4v) is 5.50. The Morgan fingerprint density at radius 3 is 2.00 bits per heavy atom. The zero-order valence-electron chi connectivity index (χ0n) is 16.2. The van der Waals surface area contributed by atoms with Crippen molar-refractivity contribution < 1.29 is 13.7 Å². The van der Waals surface area contributed by atoms with E-state index in [0.717, 1.165) is 6.42 Å². The summed E-state index contributed by atoms with van der Waals surface area (Å²) < 4.78 is 6.80. The van der Waals surface area contributed by atoms with Gasteiger partial charge in [-0.2, -0.15) is 13.7 Å². The SMILES string of the molecule is Cc1csc(/C=C/C(=C\Cc2scc(C)[n+]2C)c2scc(C)[n+]2C)[n+]1C. The molecule has 0 amide bonds. The Bertz CT molecular complexity index is 986. The zero-order valence-corrected chi connectivity index (χ0v) is 18.7. The van der Waals surface area contributed by atoms with Crippen molar-refractivity contribution >= 4 is 45.7 Å². The Kier molecular flexibility index (Phi) is 5.85. The van der Waals surface area contributed by atoms with Gasteiger partial charge in [-0.15, -0.1) is 0 Å². The van der Waals surface area contributed by atoms with E-state index in [0.29, 0.717) is 0 Å². The van der Waals surface area contributed by atoms with Gasteiger partial charge in [0.15, 0.2) is 17.1 Å². The van der Waals surface area contributed by atoms with Crippen molar-refractivity contribution in [3.63, 3.8) is 0 Å². The average molecular weight is 405 g/mol. The molecule has 3 aromatic heterocycles. The summed E-state index contributed by atoms with van der Waals surface area (Å²) in [7, 11) is 6.42. The summed E-state index contributed by atoms with van der Waals surface area (Å²) in [5, 5.41) is 10.6. The van der Waals surface area contributed by atoms with Crippen LogP contribution in [-0.2, 0) is 27.6 Å². The molecule has 6 heteroatoms. The summed E-state index contributed by atoms with van der Waals surface area (Å²) in [5.41, 5.74) is 5.18. The van der Waals surface area contributed by atoms with Gasteiger partial charge in [0.1, 0.15) is 21.1 Å². The largest absolute Gasteiger partial charge is 0.268 e. The van der Waals surface area contributed by atoms with E-state index in [4.69, 9.17) is 0 Å². The third kappa shape index (κ3) is 3.87. The van der Waals surface area contributed by atoms with Gasteiger partial charge in [0, 0.05) is 26.8 Å². The van der Waals surface area contributed by atoms with Gasteiger partial charge >= 0.3 is 0 Å². The summed E-state index contributed by atoms with van der Waals surface area (Å²) >= 11 is 5.43. The number of nitrogens with zero attached hydrogens (tertiary/aromatic N) is 3. The highest BCUT2D eigenvalue weighted by Gasteiger charge is 2.18. The molecule has 0 fully saturated rings. The van der Waals surface area contributed by atoms with Crippen molar-refractivity contribution in [3.8, 4) is 0 Å². The molecule has 0 aliphatic carbocycles. The number of hydrogen-bond acceptors (Lipinski definition) is 3. The van der Waals surface area contributed by atoms with E-state index < -0.39 is 0 Å². The second-order valence-corrected chi connectivity index (χ2v) is 9.23. The highest BCUT2D eigenvalue weighted by atomic mass is 32.1. The third-order valence-electron chi connectivity index (χ3n) is 4.80. The van der Waals surface area contributed by atoms with Gasteiger partial charge in [0.25, 0.3) is 10.0 Å². The first-order valence-electron chi connectivity index (χ1n) is 8.58. The molecule has 26 heavy (non-hydrogen) atoms. The van der Waals surface area contributed by atoms with Crippen LogP contribution in [0.2, 0.25) is 0 Å². The Hall–Kier alpha value is -1.63. The van der Waals surface area contributed by atoms with Crippen LogP contribution in [0, 0.1) is 20.8 Å². The predicted molar refractivity (Wildman–Crippen MR) is 111 cm³/mol. The number of hydrogen-bond donors (Lipinski definition) is 0. The Labute approximate surface area is 167 Å². The van der Waals surface area contributed by atoms with Crippen molar-refractivity contribution in [1.29, 1.82) is 0 Å². The van der Waals surface area contributed by atoms with E-state index in [1.165, 1.54) is 37.7 Å². The summed E-state index contributed by atoms with van der Waals surface area (Å²) in [6, 6.07) is 0. The van der Waals surface area contributed by atoms with Crippen LogP contribution in [0.25, 0.3) is 11.6 Å². The molecule has 0 atom stereocenters. The van der Waals surface area contributed by atoms with Crippen molar-refractivity contribution in [2.24, 2.45) is 21.1 Å². The number of aromatic nitrogens is 3. The van der Waals surface area contributed by atoms with Crippen LogP contribution >= 0.6 is 34.0 Å². The van der Waals surface area contributed by atoms with E-state index in [2.05, 4.69) is 90.0 Å². The molecule has 0 saturated heterocycles. The maximum atomic E-state index is 2.35. The van der Waals surface area contributed by atoms with E-state index in [1.54, 1.807) is 11.3 Å². The lowest BCUT2D eigenvalue weighted by Crippen LogP contribution is -2.33. The lowest BCUT2D eigenvalue weighted by molar-refractivity contribution is -0.679. The Morgan fingerprint density at radius 2 is 1.46 bits per heavy atom. The first kappa shape index (κ1) is 19.1. The van der Waals surface area contributed by atoms with Gasteiger partial charge in [-0.1, -0.05) is 40.1 Å². The lowest BCUT2D eigenvalue weighted by atomic mass is 10.2. The fourth-order valence-electron chi connectivity index (χ4n) is 2.63. The van der Waals surface area contributed by atoms with Gasteiger partial charge in [-0.05, 0) is 6.08 Å². The number of allylic oxidation sites excluding steroid dienone is 3. The molecule has 0 aliphatic heterocycles. The predicted octanol–water partition coefficient (Wildman–Crippen LogP) is 3.61. The van der Waals surface area contributed by atoms with Crippen LogP contribution in [-0.4, -0.2) is 0 Å². The van der Waals surface area contributed by atoms with Crippen LogP contribution in [0.4, 0.5) is 0 Å². The summed E-state index contributed by atoms with van der Waals surface area (Å²) in [5.74, 6) is 0. The topological polar surface area (TPSA) is 11.6 Å². The molecule has 3 nitrogen and oxygen atoms in total. The van der Waals surface area contributed by atoms with Crippen LogP contribution in [0.1, 0.15) is 32.1 Å². The quantitative estimate of drug-likeness (QED) is 0.455. The summed E-state index contributed by atoms with van der Waals surface area (Å²) in [4.78, 5) is 0. The van der Waals surface area contributed by atoms with Crippen LogP contribution < -0.4 is 13.7 Å². The Morgan fingerprint density at radius 1 is 0.846 bits per heavy atom. The molecule has 0 saturated carbocycles. The molecule has 3 rings (SSSR count). The minimum Gasteiger partial charge on any atom is -0.193 e. The van der Waals surface area contributed by atoms with Gasteiger partial charge in [-0.3, -0.25) is 0 Å². The van der Waals surface area contributed by atoms with Crippen LogP contribution in [0.3, 0.4) is 0 Å². The maximum Gasteiger partial charge on any atom is 0.268 e. The minimum atomic E-state index is 0.946. The molecule has 0 aliphatic rings. The van der Waals surface area contributed by atoms with Gasteiger partial charge in [-0.25, -0.2) is 0 Å². The van der Waals surface area contributed by atoms with Gasteiger partial charge in [0.05, 0.1) is 28.1 Å². The van der Waals surface area contributed by atoms with E-state index in [-0.39, 0.29) is 0 Å². The second-order valence-electron chi connectivity index (χ2n) is 6.54. The van der Waals surface area contributed by atoms with Crippen molar-refractivity contribution in [2.75, 3.05) is 0 Å². The molecule has 0 N–H and O–H groups in total. The highest BCUT2D eigenvalue weighted by Crippen LogP contribution is 2.22. The molecule has 136 valence electrons. The fraction of sp³-hybridized carbons (Fsp3) is 0.350. The highest BCUT2D eigenvalue weighted by molar-refractivity contribution is 7.11. The van der Waals surface area contributed by atoms with Gasteiger partial charge < -0.3 is 0 Å². The first-order chi connectivity index (χ1) is 12.4. The standard InChI is InChI=1S/C20H26N3S3/c1-14-11-24-18(21(14)4)9-7-17(20-23(6)16(3)13-26-20)8-10-19-22(5)15(2)12-25-19/h7-9,11-13H,10H2,1-6H3/q+3/b9-7+,17-8+. The molecule has 3 aromatic rings. The number of thiazole rings is 3. The van der Waals surface area contributed by atoms with Crippen molar-refractivity contribution in [2.45, 2.75) is 27.2 Å². The van der Waals surface area contributed by atoms with E-state index in [1.807, 2.05) is 22.7 Å². The normalized spacial score (nSPS) is 12.5. The summed E-state index contributed by atoms with van der Waals surface area (Å²) in [6.45, 7) is 6.46. The maximum absolute atomic E-state index is 2.35. The zero-order chi connectivity index (χ0) is 18.8. The Balaban J connectivity index is 1.96. The molecule has 0 unspecified atom stereocenters. The van der Waals surface area contributed by atoms with Crippen LogP contribution in [0.5, 0.6) is 0 Å². The van der Waals surface area contributed by atoms with Gasteiger partial charge in [0.2, 0.25) is 5.01 Å². The van der Waals surface area contributed by atoms with E-state index in [9.17, 15) is 0 Å². The molecule has 0 spiro atoms. The average Bonchev–Trinajstić information content (AvgIpc) is 3.24. The van der Waals surface area contributed by atoms with Crippen molar-refractivity contribution in [1.82, 2.24) is 0 Å². The van der Waals surface area contributed by atoms with E-state index >= 15 is 0 Å². The number of rotatable bonds is 5. The molecular weight excluding hydrogens is 378 g/mol. The first-order valence-corrected chi connectivity index (χ1v) is 11.2. The summed E-state index contributed by atoms with van der Waals surface area (Å²) in [6.07, 6.45) is 7.80. The smallest absolute Gasteiger partial charge is 0.193 e. The molecule has 0 radical (unpaired) electrons. The molecule has 3 heterocycles. The molecule has 0 aromatic carbocycles. The molecule has 0 bridgehead atoms. The monoisotopic (exact) mass is 404 g/mol. The lowest BCUT2D eigenvalue weighted by Gasteiger charge is -1.97. The second kappa shape index (κ2) is 7.94. The van der Waals surface area contributed by atoms with Crippen molar-refractivity contribution in [3.05, 3.63) is 60.4 Å². The number of aryl methyl sites for hydroxylation is 3. The molecular formula is C20H26N3S3+3. The third-order valence-corrected chi connectivity index (χ3v) is 8.28. The minimum absolute atomic E-state index is 0.946. The van der Waals surface area contributed by atoms with Crippen LogP contribution in [0.15, 0.2) is 28.3 Å².